The first-order valence-electron chi connectivity index (χ1n) is 9.78. The molecule has 0 aromatic heterocycles. The van der Waals surface area contributed by atoms with Crippen LogP contribution < -0.4 is 10.1 Å². The Kier molecular flexibility index (Phi) is 6.35. The fourth-order valence-corrected chi connectivity index (χ4v) is 4.59. The summed E-state index contributed by atoms with van der Waals surface area (Å²) in [7, 11) is 3.89. The van der Waals surface area contributed by atoms with Crippen LogP contribution in [0, 0.1) is 11.8 Å². The SMILES string of the molecule is COc1ccc(C2C(CNC(=O)CC3CCCC3)CCCN2C)cc1. The lowest BCUT2D eigenvalue weighted by Crippen LogP contribution is -2.42. The van der Waals surface area contributed by atoms with E-state index in [1.54, 1.807) is 7.11 Å². The summed E-state index contributed by atoms with van der Waals surface area (Å²) < 4.78 is 5.28. The van der Waals surface area contributed by atoms with Gasteiger partial charge in [0.2, 0.25) is 5.91 Å². The van der Waals surface area contributed by atoms with Crippen LogP contribution in [0.4, 0.5) is 0 Å². The van der Waals surface area contributed by atoms with Crippen molar-refractivity contribution in [3.8, 4) is 5.75 Å². The summed E-state index contributed by atoms with van der Waals surface area (Å²) in [5.74, 6) is 2.23. The second-order valence-corrected chi connectivity index (χ2v) is 7.76. The number of nitrogens with zero attached hydrogens (tertiary/aromatic N) is 1. The second kappa shape index (κ2) is 8.70. The number of piperidine rings is 1. The van der Waals surface area contributed by atoms with Gasteiger partial charge in [-0.1, -0.05) is 25.0 Å². The first-order valence-corrected chi connectivity index (χ1v) is 9.78. The van der Waals surface area contributed by atoms with Crippen molar-refractivity contribution < 1.29 is 9.53 Å². The van der Waals surface area contributed by atoms with Crippen LogP contribution in [0.15, 0.2) is 24.3 Å². The molecule has 1 aromatic carbocycles. The minimum Gasteiger partial charge on any atom is -0.497 e. The maximum atomic E-state index is 12.3. The number of carbonyl (C=O) groups is 1. The zero-order valence-electron chi connectivity index (χ0n) is 15.7. The summed E-state index contributed by atoms with van der Waals surface area (Å²) in [5, 5.41) is 3.23. The van der Waals surface area contributed by atoms with E-state index in [-0.39, 0.29) is 5.91 Å². The highest BCUT2D eigenvalue weighted by Crippen LogP contribution is 2.35. The summed E-state index contributed by atoms with van der Waals surface area (Å²) in [6.07, 6.45) is 8.14. The standard InChI is InChI=1S/C21H32N2O2/c1-23-13-5-8-18(15-22-20(24)14-16-6-3-4-7-16)21(23)17-9-11-19(25-2)12-10-17/h9-12,16,18,21H,3-8,13-15H2,1-2H3,(H,22,24). The van der Waals surface area contributed by atoms with Crippen LogP contribution in [-0.4, -0.2) is 38.1 Å². The Balaban J connectivity index is 1.59. The van der Waals surface area contributed by atoms with Crippen molar-refractivity contribution in [2.24, 2.45) is 11.8 Å². The van der Waals surface area contributed by atoms with Gasteiger partial charge in [-0.3, -0.25) is 9.69 Å². The van der Waals surface area contributed by atoms with E-state index >= 15 is 0 Å². The van der Waals surface area contributed by atoms with Gasteiger partial charge in [-0.2, -0.15) is 0 Å². The molecule has 1 aromatic rings. The average Bonchev–Trinajstić information content (AvgIpc) is 3.13. The topological polar surface area (TPSA) is 41.6 Å². The fraction of sp³-hybridized carbons (Fsp3) is 0.667. The molecule has 0 bridgehead atoms. The molecule has 2 atom stereocenters. The summed E-state index contributed by atoms with van der Waals surface area (Å²) in [4.78, 5) is 14.7. The zero-order valence-corrected chi connectivity index (χ0v) is 15.7. The van der Waals surface area contributed by atoms with Crippen LogP contribution in [0.2, 0.25) is 0 Å². The molecule has 1 aliphatic heterocycles. The Morgan fingerprint density at radius 2 is 1.88 bits per heavy atom. The van der Waals surface area contributed by atoms with Crippen molar-refractivity contribution >= 4 is 5.91 Å². The first-order chi connectivity index (χ1) is 12.2. The quantitative estimate of drug-likeness (QED) is 0.854. The van der Waals surface area contributed by atoms with E-state index in [1.807, 2.05) is 12.1 Å². The number of ether oxygens (including phenoxy) is 1. The van der Waals surface area contributed by atoms with Gasteiger partial charge in [0.15, 0.2) is 0 Å². The van der Waals surface area contributed by atoms with E-state index in [0.29, 0.717) is 17.9 Å². The normalized spacial score (nSPS) is 25.0. The number of amides is 1. The van der Waals surface area contributed by atoms with Gasteiger partial charge in [0, 0.05) is 19.0 Å². The van der Waals surface area contributed by atoms with Crippen molar-refractivity contribution in [1.29, 1.82) is 0 Å². The highest BCUT2D eigenvalue weighted by atomic mass is 16.5. The Labute approximate surface area is 151 Å². The van der Waals surface area contributed by atoms with Gasteiger partial charge in [0.25, 0.3) is 0 Å². The maximum Gasteiger partial charge on any atom is 0.220 e. The minimum absolute atomic E-state index is 0.244. The van der Waals surface area contributed by atoms with Crippen molar-refractivity contribution in [3.63, 3.8) is 0 Å². The number of nitrogens with one attached hydrogen (secondary N) is 1. The Morgan fingerprint density at radius 1 is 1.16 bits per heavy atom. The number of likely N-dealkylation sites (tertiary alicyclic amines) is 1. The van der Waals surface area contributed by atoms with E-state index in [0.717, 1.165) is 25.3 Å². The predicted octanol–water partition coefficient (Wildman–Crippen LogP) is 3.77. The number of carbonyl (C=O) groups excluding carboxylic acids is 1. The molecule has 25 heavy (non-hydrogen) atoms. The van der Waals surface area contributed by atoms with Gasteiger partial charge in [0.05, 0.1) is 7.11 Å². The van der Waals surface area contributed by atoms with Gasteiger partial charge in [0.1, 0.15) is 5.75 Å². The van der Waals surface area contributed by atoms with Gasteiger partial charge >= 0.3 is 0 Å². The minimum atomic E-state index is 0.244. The van der Waals surface area contributed by atoms with E-state index in [2.05, 4.69) is 29.4 Å². The fourth-order valence-electron chi connectivity index (χ4n) is 4.59. The molecule has 1 saturated carbocycles. The number of benzene rings is 1. The molecule has 4 heteroatoms. The summed E-state index contributed by atoms with van der Waals surface area (Å²) in [6, 6.07) is 8.77. The van der Waals surface area contributed by atoms with Crippen LogP contribution in [0.1, 0.15) is 56.6 Å². The van der Waals surface area contributed by atoms with Gasteiger partial charge in [-0.25, -0.2) is 0 Å². The molecule has 4 nitrogen and oxygen atoms in total. The molecule has 2 unspecified atom stereocenters. The second-order valence-electron chi connectivity index (χ2n) is 7.76. The van der Waals surface area contributed by atoms with Crippen molar-refractivity contribution in [2.75, 3.05) is 27.2 Å². The van der Waals surface area contributed by atoms with E-state index in [9.17, 15) is 4.79 Å². The Hall–Kier alpha value is -1.55. The molecule has 2 fully saturated rings. The molecule has 1 saturated heterocycles. The molecule has 1 aliphatic carbocycles. The van der Waals surface area contributed by atoms with Gasteiger partial charge in [-0.15, -0.1) is 0 Å². The van der Waals surface area contributed by atoms with E-state index in [4.69, 9.17) is 4.74 Å². The Bertz CT molecular complexity index is 552. The lowest BCUT2D eigenvalue weighted by molar-refractivity contribution is -0.122. The van der Waals surface area contributed by atoms with Crippen molar-refractivity contribution in [2.45, 2.75) is 51.0 Å². The third-order valence-corrected chi connectivity index (χ3v) is 5.97. The van der Waals surface area contributed by atoms with E-state index < -0.39 is 0 Å². The van der Waals surface area contributed by atoms with Crippen molar-refractivity contribution in [3.05, 3.63) is 29.8 Å². The third-order valence-electron chi connectivity index (χ3n) is 5.97. The molecule has 1 heterocycles. The molecule has 2 aliphatic rings. The van der Waals surface area contributed by atoms with Crippen LogP contribution in [0.25, 0.3) is 0 Å². The Morgan fingerprint density at radius 3 is 2.56 bits per heavy atom. The highest BCUT2D eigenvalue weighted by Gasteiger charge is 2.31. The summed E-state index contributed by atoms with van der Waals surface area (Å²) in [6.45, 7) is 1.90. The van der Waals surface area contributed by atoms with Crippen LogP contribution in [0.5, 0.6) is 5.75 Å². The molecular weight excluding hydrogens is 312 g/mol. The largest absolute Gasteiger partial charge is 0.497 e. The van der Waals surface area contributed by atoms with Gasteiger partial charge < -0.3 is 10.1 Å². The highest BCUT2D eigenvalue weighted by molar-refractivity contribution is 5.76. The monoisotopic (exact) mass is 344 g/mol. The van der Waals surface area contributed by atoms with Crippen LogP contribution in [0.3, 0.4) is 0 Å². The lowest BCUT2D eigenvalue weighted by atomic mass is 9.84. The first kappa shape index (κ1) is 18.2. The molecule has 1 N–H and O–H groups in total. The number of hydrogen-bond acceptors (Lipinski definition) is 3. The molecule has 0 radical (unpaired) electrons. The molecule has 138 valence electrons. The molecule has 1 amide bonds. The molecular formula is C21H32N2O2. The number of hydrogen-bond donors (Lipinski definition) is 1. The average molecular weight is 344 g/mol. The summed E-state index contributed by atoms with van der Waals surface area (Å²) >= 11 is 0. The van der Waals surface area contributed by atoms with Gasteiger partial charge in [-0.05, 0) is 68.8 Å². The smallest absolute Gasteiger partial charge is 0.220 e. The van der Waals surface area contributed by atoms with Crippen LogP contribution >= 0.6 is 0 Å². The predicted molar refractivity (Wildman–Crippen MR) is 101 cm³/mol. The summed E-state index contributed by atoms with van der Waals surface area (Å²) in [5.41, 5.74) is 1.32. The van der Waals surface area contributed by atoms with Crippen molar-refractivity contribution in [1.82, 2.24) is 10.2 Å². The van der Waals surface area contributed by atoms with Crippen LogP contribution in [-0.2, 0) is 4.79 Å². The molecule has 3 rings (SSSR count). The number of rotatable bonds is 6. The zero-order chi connectivity index (χ0) is 17.6. The molecule has 0 spiro atoms. The maximum absolute atomic E-state index is 12.3. The third kappa shape index (κ3) is 4.75. The number of methoxy groups -OCH3 is 1. The lowest BCUT2D eigenvalue weighted by Gasteiger charge is -2.39. The van der Waals surface area contributed by atoms with E-state index in [1.165, 1.54) is 44.1 Å².